The van der Waals surface area contributed by atoms with Crippen molar-refractivity contribution in [2.75, 3.05) is 13.2 Å². The van der Waals surface area contributed by atoms with E-state index in [4.69, 9.17) is 14.2 Å². The lowest BCUT2D eigenvalue weighted by atomic mass is 10.0. The molecule has 0 aromatic heterocycles. The lowest BCUT2D eigenvalue weighted by Gasteiger charge is -2.18. The van der Waals surface area contributed by atoms with Gasteiger partial charge in [0.15, 0.2) is 6.10 Å². The molecule has 0 aliphatic rings. The van der Waals surface area contributed by atoms with Gasteiger partial charge in [-0.25, -0.2) is 0 Å². The molecule has 0 saturated carbocycles. The van der Waals surface area contributed by atoms with Crippen molar-refractivity contribution in [3.63, 3.8) is 0 Å². The Morgan fingerprint density at radius 3 is 0.694 bits per heavy atom. The Kier molecular flexibility index (Phi) is 46.2. The topological polar surface area (TPSA) is 78.9 Å². The predicted molar refractivity (Wildman–Crippen MR) is 266 cm³/mol. The zero-order chi connectivity index (χ0) is 45.6. The van der Waals surface area contributed by atoms with Crippen molar-refractivity contribution >= 4 is 17.9 Å². The molecule has 6 heteroatoms. The van der Waals surface area contributed by atoms with Crippen LogP contribution in [0.3, 0.4) is 0 Å². The average molecular weight is 877 g/mol. The molecule has 0 N–H and O–H groups in total. The fraction of sp³-hybridized carbons (Fsp3) is 0.946. The van der Waals surface area contributed by atoms with Crippen molar-refractivity contribution in [3.8, 4) is 0 Å². The van der Waals surface area contributed by atoms with Gasteiger partial charge >= 0.3 is 17.9 Å². The standard InChI is InChI=1S/C56H108O6/c1-50(2)42-36-30-24-19-15-11-9-7-8-10-12-17-21-27-33-39-45-54(57)60-48-53(62-56(59)47-41-35-29-23-26-32-38-44-52(5)6)49-61-55(58)46-40-34-28-22-18-14-13-16-20-25-31-37-43-51(3)4/h50-53H,7-49H2,1-6H3/t53-/m0/s1. The summed E-state index contributed by atoms with van der Waals surface area (Å²) in [6, 6.07) is 0. The molecule has 0 aromatic rings. The second-order valence-corrected chi connectivity index (χ2v) is 20.6. The number of carbonyl (C=O) groups excluding carboxylic acids is 3. The minimum atomic E-state index is -0.763. The maximum absolute atomic E-state index is 12.8. The third-order valence-electron chi connectivity index (χ3n) is 12.6. The van der Waals surface area contributed by atoms with Crippen LogP contribution in [-0.2, 0) is 28.6 Å². The van der Waals surface area contributed by atoms with E-state index in [9.17, 15) is 14.4 Å². The number of ether oxygens (including phenoxy) is 3. The van der Waals surface area contributed by atoms with E-state index in [2.05, 4.69) is 41.5 Å². The molecule has 0 aliphatic carbocycles. The highest BCUT2D eigenvalue weighted by molar-refractivity contribution is 5.71. The Hall–Kier alpha value is -1.59. The molecule has 0 bridgehead atoms. The summed E-state index contributed by atoms with van der Waals surface area (Å²) in [5.41, 5.74) is 0. The fourth-order valence-corrected chi connectivity index (χ4v) is 8.47. The van der Waals surface area contributed by atoms with E-state index in [1.54, 1.807) is 0 Å². The van der Waals surface area contributed by atoms with Gasteiger partial charge in [-0.15, -0.1) is 0 Å². The molecule has 0 radical (unpaired) electrons. The van der Waals surface area contributed by atoms with Gasteiger partial charge in [-0.05, 0) is 37.0 Å². The molecule has 0 aliphatic heterocycles. The molecule has 0 fully saturated rings. The lowest BCUT2D eigenvalue weighted by molar-refractivity contribution is -0.167. The van der Waals surface area contributed by atoms with Crippen LogP contribution >= 0.6 is 0 Å². The molecular weight excluding hydrogens is 769 g/mol. The van der Waals surface area contributed by atoms with Crippen molar-refractivity contribution in [1.82, 2.24) is 0 Å². The highest BCUT2D eigenvalue weighted by Crippen LogP contribution is 2.18. The summed E-state index contributed by atoms with van der Waals surface area (Å²) >= 11 is 0. The molecule has 0 heterocycles. The van der Waals surface area contributed by atoms with Crippen LogP contribution in [0.25, 0.3) is 0 Å². The largest absolute Gasteiger partial charge is 0.462 e. The predicted octanol–water partition coefficient (Wildman–Crippen LogP) is 17.9. The zero-order valence-corrected chi connectivity index (χ0v) is 42.7. The Balaban J connectivity index is 4.23. The maximum atomic E-state index is 12.8. The molecule has 6 nitrogen and oxygen atoms in total. The minimum Gasteiger partial charge on any atom is -0.462 e. The molecule has 0 aromatic carbocycles. The van der Waals surface area contributed by atoms with E-state index in [0.717, 1.165) is 75.5 Å². The van der Waals surface area contributed by atoms with Gasteiger partial charge in [-0.1, -0.05) is 266 Å². The highest BCUT2D eigenvalue weighted by atomic mass is 16.6. The highest BCUT2D eigenvalue weighted by Gasteiger charge is 2.19. The summed E-state index contributed by atoms with van der Waals surface area (Å²) in [5, 5.41) is 0. The number of carbonyl (C=O) groups is 3. The normalized spacial score (nSPS) is 12.1. The maximum Gasteiger partial charge on any atom is 0.306 e. The van der Waals surface area contributed by atoms with Gasteiger partial charge < -0.3 is 14.2 Å². The molecule has 62 heavy (non-hydrogen) atoms. The number of unbranched alkanes of at least 4 members (excludes halogenated alkanes) is 32. The second kappa shape index (κ2) is 47.4. The number of hydrogen-bond donors (Lipinski definition) is 0. The van der Waals surface area contributed by atoms with Gasteiger partial charge in [0.05, 0.1) is 0 Å². The molecule has 1 atom stereocenters. The van der Waals surface area contributed by atoms with Crippen LogP contribution in [0.15, 0.2) is 0 Å². The summed E-state index contributed by atoms with van der Waals surface area (Å²) in [5.74, 6) is 1.61. The fourth-order valence-electron chi connectivity index (χ4n) is 8.47. The Bertz CT molecular complexity index is 960. The van der Waals surface area contributed by atoms with E-state index < -0.39 is 6.10 Å². The van der Waals surface area contributed by atoms with Gasteiger partial charge in [0.1, 0.15) is 13.2 Å². The molecule has 0 saturated heterocycles. The Morgan fingerprint density at radius 2 is 0.468 bits per heavy atom. The third-order valence-corrected chi connectivity index (χ3v) is 12.6. The van der Waals surface area contributed by atoms with Crippen LogP contribution in [0.1, 0.15) is 305 Å². The van der Waals surface area contributed by atoms with E-state index >= 15 is 0 Å². The number of esters is 3. The summed E-state index contributed by atoms with van der Waals surface area (Å²) < 4.78 is 16.8. The Labute approximate surface area is 387 Å². The van der Waals surface area contributed by atoms with E-state index in [-0.39, 0.29) is 31.1 Å². The smallest absolute Gasteiger partial charge is 0.306 e. The first-order valence-corrected chi connectivity index (χ1v) is 27.6. The monoisotopic (exact) mass is 877 g/mol. The van der Waals surface area contributed by atoms with Gasteiger partial charge in [0.2, 0.25) is 0 Å². The molecule has 0 rings (SSSR count). The number of rotatable bonds is 49. The van der Waals surface area contributed by atoms with Gasteiger partial charge in [-0.2, -0.15) is 0 Å². The first-order chi connectivity index (χ1) is 30.1. The van der Waals surface area contributed by atoms with Crippen LogP contribution in [0.5, 0.6) is 0 Å². The van der Waals surface area contributed by atoms with E-state index in [0.29, 0.717) is 19.3 Å². The molecule has 0 amide bonds. The molecule has 0 unspecified atom stereocenters. The third kappa shape index (κ3) is 49.4. The van der Waals surface area contributed by atoms with Gasteiger partial charge in [0, 0.05) is 19.3 Å². The van der Waals surface area contributed by atoms with Crippen molar-refractivity contribution < 1.29 is 28.6 Å². The van der Waals surface area contributed by atoms with Crippen LogP contribution in [0, 0.1) is 17.8 Å². The summed E-state index contributed by atoms with van der Waals surface area (Å²) in [7, 11) is 0. The summed E-state index contributed by atoms with van der Waals surface area (Å²) in [4.78, 5) is 38.0. The van der Waals surface area contributed by atoms with Crippen LogP contribution in [-0.4, -0.2) is 37.2 Å². The summed E-state index contributed by atoms with van der Waals surface area (Å²) in [6.45, 7) is 13.7. The van der Waals surface area contributed by atoms with Crippen LogP contribution in [0.2, 0.25) is 0 Å². The van der Waals surface area contributed by atoms with Crippen molar-refractivity contribution in [2.45, 2.75) is 311 Å². The van der Waals surface area contributed by atoms with Crippen molar-refractivity contribution in [1.29, 1.82) is 0 Å². The van der Waals surface area contributed by atoms with Crippen molar-refractivity contribution in [2.24, 2.45) is 17.8 Å². The summed E-state index contributed by atoms with van der Waals surface area (Å²) in [6.07, 6.45) is 48.2. The van der Waals surface area contributed by atoms with Crippen molar-refractivity contribution in [3.05, 3.63) is 0 Å². The van der Waals surface area contributed by atoms with Gasteiger partial charge in [0.25, 0.3) is 0 Å². The molecular formula is C56H108O6. The minimum absolute atomic E-state index is 0.0647. The number of hydrogen-bond acceptors (Lipinski definition) is 6. The molecule has 0 spiro atoms. The zero-order valence-electron chi connectivity index (χ0n) is 42.7. The van der Waals surface area contributed by atoms with Gasteiger partial charge in [-0.3, -0.25) is 14.4 Å². The second-order valence-electron chi connectivity index (χ2n) is 20.6. The SMILES string of the molecule is CC(C)CCCCCCCCCCCCCCCCCCC(=O)OC[C@@H](COC(=O)CCCCCCCCCCCCCCC(C)C)OC(=O)CCCCCCCCCC(C)C. The quantitative estimate of drug-likeness (QED) is 0.0344. The van der Waals surface area contributed by atoms with E-state index in [1.165, 1.54) is 186 Å². The first kappa shape index (κ1) is 60.4. The molecule has 368 valence electrons. The average Bonchev–Trinajstić information content (AvgIpc) is 3.23. The lowest BCUT2D eigenvalue weighted by Crippen LogP contribution is -2.30. The van der Waals surface area contributed by atoms with Crippen LogP contribution < -0.4 is 0 Å². The Morgan fingerprint density at radius 1 is 0.274 bits per heavy atom. The van der Waals surface area contributed by atoms with E-state index in [1.807, 2.05) is 0 Å². The first-order valence-electron chi connectivity index (χ1n) is 27.6. The van der Waals surface area contributed by atoms with Crippen LogP contribution in [0.4, 0.5) is 0 Å².